The lowest BCUT2D eigenvalue weighted by Crippen LogP contribution is -2.41. The third kappa shape index (κ3) is 4.13. The third-order valence-corrected chi connectivity index (χ3v) is 10.7. The summed E-state index contributed by atoms with van der Waals surface area (Å²) in [6, 6.07) is 19.0. The number of benzene rings is 3. The number of rotatable bonds is 6. The first-order valence-electron chi connectivity index (χ1n) is 16.0. The molecule has 9 heteroatoms. The van der Waals surface area contributed by atoms with Crippen LogP contribution in [0.15, 0.2) is 54.6 Å². The van der Waals surface area contributed by atoms with E-state index >= 15 is 0 Å². The van der Waals surface area contributed by atoms with Crippen molar-refractivity contribution < 1.29 is 14.3 Å². The van der Waals surface area contributed by atoms with E-state index < -0.39 is 0 Å². The van der Waals surface area contributed by atoms with Gasteiger partial charge in [0.15, 0.2) is 5.82 Å². The van der Waals surface area contributed by atoms with Crippen LogP contribution >= 0.6 is 0 Å². The van der Waals surface area contributed by atoms with Crippen molar-refractivity contribution in [1.82, 2.24) is 19.0 Å². The van der Waals surface area contributed by atoms with Crippen molar-refractivity contribution in [2.45, 2.75) is 50.7 Å². The molecule has 3 fully saturated rings. The number of hydrogen-bond acceptors (Lipinski definition) is 5. The van der Waals surface area contributed by atoms with E-state index in [2.05, 4.69) is 50.8 Å². The average Bonchev–Trinajstić information content (AvgIpc) is 3.26. The van der Waals surface area contributed by atoms with E-state index in [1.165, 1.54) is 18.4 Å². The fraction of sp³-hybridized carbons (Fsp3) is 0.361. The minimum absolute atomic E-state index is 0.00660. The first kappa shape index (κ1) is 26.7. The molecule has 2 bridgehead atoms. The third-order valence-electron chi connectivity index (χ3n) is 10.7. The summed E-state index contributed by atoms with van der Waals surface area (Å²) in [5, 5.41) is 4.09. The number of methoxy groups -OCH3 is 1. The first-order valence-corrected chi connectivity index (χ1v) is 16.0. The van der Waals surface area contributed by atoms with E-state index in [9.17, 15) is 9.59 Å². The fourth-order valence-electron chi connectivity index (χ4n) is 8.05. The molecule has 0 unspecified atom stereocenters. The van der Waals surface area contributed by atoms with E-state index in [0.717, 1.165) is 76.2 Å². The number of amides is 2. The number of likely N-dealkylation sites (tertiary alicyclic amines) is 1. The lowest BCUT2D eigenvalue weighted by Gasteiger charge is -2.27. The highest BCUT2D eigenvalue weighted by atomic mass is 16.5. The molecule has 2 aliphatic heterocycles. The largest absolute Gasteiger partial charge is 0.494 e. The summed E-state index contributed by atoms with van der Waals surface area (Å²) in [6.45, 7) is 1.65. The van der Waals surface area contributed by atoms with E-state index in [-0.39, 0.29) is 23.9 Å². The number of aryl methyl sites for hydroxylation is 1. The van der Waals surface area contributed by atoms with Crippen molar-refractivity contribution in [3.8, 4) is 28.4 Å². The number of carbonyl (C=O) groups excluding carboxylic acids is 2. The normalized spacial score (nSPS) is 22.1. The molecule has 228 valence electrons. The molecule has 2 amide bonds. The summed E-state index contributed by atoms with van der Waals surface area (Å²) >= 11 is 0. The number of nitrogens with one attached hydrogen (secondary N) is 1. The van der Waals surface area contributed by atoms with E-state index in [1.807, 2.05) is 30.1 Å². The molecule has 4 aliphatic rings. The number of fused-ring (bicyclic) bond motifs is 5. The van der Waals surface area contributed by atoms with Crippen LogP contribution in [0.3, 0.4) is 0 Å². The molecule has 1 saturated heterocycles. The lowest BCUT2D eigenvalue weighted by atomic mass is 10.0. The Hall–Kier alpha value is -4.63. The molecule has 9 nitrogen and oxygen atoms in total. The molecule has 4 heterocycles. The van der Waals surface area contributed by atoms with Crippen LogP contribution in [0.5, 0.6) is 5.75 Å². The number of nitrogens with zero attached hydrogens (tertiary/aromatic N) is 4. The summed E-state index contributed by atoms with van der Waals surface area (Å²) in [5.74, 6) is 2.58. The molecule has 2 aromatic heterocycles. The second kappa shape index (κ2) is 9.68. The van der Waals surface area contributed by atoms with Gasteiger partial charge in [0, 0.05) is 54.4 Å². The van der Waals surface area contributed by atoms with Gasteiger partial charge in [-0.05, 0) is 90.6 Å². The second-order valence-corrected chi connectivity index (χ2v) is 13.4. The van der Waals surface area contributed by atoms with Crippen LogP contribution < -0.4 is 15.8 Å². The maximum atomic E-state index is 13.7. The number of nitrogens with two attached hydrogens (primary N) is 1. The van der Waals surface area contributed by atoms with Crippen molar-refractivity contribution >= 4 is 39.4 Å². The summed E-state index contributed by atoms with van der Waals surface area (Å²) in [6.07, 6.45) is 4.96. The number of hydrogen-bond donors (Lipinski definition) is 2. The van der Waals surface area contributed by atoms with Crippen molar-refractivity contribution in [3.05, 3.63) is 65.7 Å². The fourth-order valence-corrected chi connectivity index (χ4v) is 8.05. The van der Waals surface area contributed by atoms with Gasteiger partial charge in [-0.2, -0.15) is 0 Å². The Balaban J connectivity index is 1.14. The Kier molecular flexibility index (Phi) is 5.75. The van der Waals surface area contributed by atoms with Crippen molar-refractivity contribution in [2.75, 3.05) is 19.0 Å². The van der Waals surface area contributed by atoms with Crippen LogP contribution in [0, 0.1) is 11.8 Å². The van der Waals surface area contributed by atoms with Gasteiger partial charge < -0.3 is 29.8 Å². The molecule has 5 aromatic rings. The second-order valence-electron chi connectivity index (χ2n) is 13.4. The standard InChI is InChI=1S/C36H36N6O3/c1-40-34-27(12-25(15-31(34)45-2)36(44)42-18-23-8-10-28(42)33(23)37)39-35(40)30-14-22-6-5-21(13-29(22)41(30)17-19-3-4-19)20-7-9-26-24(11-20)16-32(43)38-26/h5-7,9,11-15,19,23,28,33H,3-4,8,10,16-18,37H2,1-2H3,(H,38,43)/t23-,28-,33-/m1/s1. The van der Waals surface area contributed by atoms with Crippen molar-refractivity contribution in [1.29, 1.82) is 0 Å². The Labute approximate surface area is 261 Å². The zero-order valence-electron chi connectivity index (χ0n) is 25.5. The molecule has 3 atom stereocenters. The maximum Gasteiger partial charge on any atom is 0.254 e. The highest BCUT2D eigenvalue weighted by molar-refractivity contribution is 6.01. The molecule has 9 rings (SSSR count). The quantitative estimate of drug-likeness (QED) is 0.274. The summed E-state index contributed by atoms with van der Waals surface area (Å²) < 4.78 is 10.4. The number of imidazole rings is 1. The van der Waals surface area contributed by atoms with Gasteiger partial charge in [0.25, 0.3) is 5.91 Å². The summed E-state index contributed by atoms with van der Waals surface area (Å²) in [7, 11) is 3.68. The van der Waals surface area contributed by atoms with E-state index in [0.29, 0.717) is 29.6 Å². The molecule has 2 saturated carbocycles. The van der Waals surface area contributed by atoms with Crippen molar-refractivity contribution in [2.24, 2.45) is 24.6 Å². The van der Waals surface area contributed by atoms with Crippen molar-refractivity contribution in [3.63, 3.8) is 0 Å². The predicted molar refractivity (Wildman–Crippen MR) is 174 cm³/mol. The number of ether oxygens (including phenoxy) is 1. The summed E-state index contributed by atoms with van der Waals surface area (Å²) in [5.41, 5.74) is 15.0. The lowest BCUT2D eigenvalue weighted by molar-refractivity contribution is -0.115. The van der Waals surface area contributed by atoms with Gasteiger partial charge in [0.05, 0.1) is 24.7 Å². The van der Waals surface area contributed by atoms with Gasteiger partial charge in [-0.3, -0.25) is 9.59 Å². The number of aromatic nitrogens is 3. The minimum Gasteiger partial charge on any atom is -0.494 e. The zero-order chi connectivity index (χ0) is 30.6. The van der Waals surface area contributed by atoms with Crippen LogP contribution in [0.25, 0.3) is 44.6 Å². The van der Waals surface area contributed by atoms with Gasteiger partial charge >= 0.3 is 0 Å². The van der Waals surface area contributed by atoms with E-state index in [4.69, 9.17) is 15.5 Å². The monoisotopic (exact) mass is 600 g/mol. The minimum atomic E-state index is 0.00660. The Morgan fingerprint density at radius 1 is 1.04 bits per heavy atom. The first-order chi connectivity index (χ1) is 21.9. The average molecular weight is 601 g/mol. The zero-order valence-corrected chi connectivity index (χ0v) is 25.5. The molecule has 2 aliphatic carbocycles. The number of anilines is 1. The van der Waals surface area contributed by atoms with Gasteiger partial charge in [0.2, 0.25) is 5.91 Å². The van der Waals surface area contributed by atoms with Crippen LogP contribution in [-0.4, -0.2) is 56.6 Å². The molecule has 3 N–H and O–H groups in total. The van der Waals surface area contributed by atoms with Gasteiger partial charge in [-0.25, -0.2) is 4.98 Å². The van der Waals surface area contributed by atoms with Crippen LogP contribution in [0.4, 0.5) is 5.69 Å². The Morgan fingerprint density at radius 2 is 1.87 bits per heavy atom. The Morgan fingerprint density at radius 3 is 2.62 bits per heavy atom. The van der Waals surface area contributed by atoms with Gasteiger partial charge in [0.1, 0.15) is 11.3 Å². The van der Waals surface area contributed by atoms with Crippen LogP contribution in [-0.2, 0) is 24.8 Å². The highest BCUT2D eigenvalue weighted by Gasteiger charge is 2.47. The van der Waals surface area contributed by atoms with E-state index in [1.54, 1.807) is 7.11 Å². The molecular formula is C36H36N6O3. The molecule has 0 spiro atoms. The molecule has 0 radical (unpaired) electrons. The highest BCUT2D eigenvalue weighted by Crippen LogP contribution is 2.41. The van der Waals surface area contributed by atoms with Crippen LogP contribution in [0.1, 0.15) is 41.6 Å². The summed E-state index contributed by atoms with van der Waals surface area (Å²) in [4.78, 5) is 32.8. The number of carbonyl (C=O) groups is 2. The topological polar surface area (TPSA) is 107 Å². The van der Waals surface area contributed by atoms with Gasteiger partial charge in [-0.1, -0.05) is 18.2 Å². The molecule has 3 aromatic carbocycles. The SMILES string of the molecule is COc1cc(C(=O)N2C[C@H]3CC[C@@H]2[C@@H]3N)cc2nc(-c3cc4ccc(-c5ccc6c(c5)CC(=O)N6)cc4n3CC3CC3)n(C)c12. The smallest absolute Gasteiger partial charge is 0.254 e. The van der Waals surface area contributed by atoms with Gasteiger partial charge in [-0.15, -0.1) is 0 Å². The molecule has 45 heavy (non-hydrogen) atoms. The predicted octanol–water partition coefficient (Wildman–Crippen LogP) is 5.34. The number of piperidine rings is 1. The Bertz CT molecular complexity index is 2070. The van der Waals surface area contributed by atoms with Crippen LogP contribution in [0.2, 0.25) is 0 Å². The maximum absolute atomic E-state index is 13.7. The molecular weight excluding hydrogens is 564 g/mol.